The van der Waals surface area contributed by atoms with Crippen LogP contribution in [-0.2, 0) is 0 Å². The number of nitro groups is 1. The van der Waals surface area contributed by atoms with Gasteiger partial charge in [0, 0.05) is 6.92 Å². The minimum atomic E-state index is -1.19. The van der Waals surface area contributed by atoms with Crippen molar-refractivity contribution in [3.05, 3.63) is 38.9 Å². The van der Waals surface area contributed by atoms with Crippen LogP contribution in [0.25, 0.3) is 0 Å². The van der Waals surface area contributed by atoms with Gasteiger partial charge in [-0.25, -0.2) is 4.79 Å². The summed E-state index contributed by atoms with van der Waals surface area (Å²) in [6.45, 7) is 1.21. The van der Waals surface area contributed by atoms with E-state index in [0.29, 0.717) is 5.69 Å². The van der Waals surface area contributed by atoms with Gasteiger partial charge in [0.1, 0.15) is 0 Å². The zero-order chi connectivity index (χ0) is 13.0. The normalized spacial score (nSPS) is 11.1. The Kier molecular flexibility index (Phi) is 4.00. The molecule has 0 atom stereocenters. The Morgan fingerprint density at radius 3 is 2.76 bits per heavy atom. The highest BCUT2D eigenvalue weighted by Crippen LogP contribution is 2.20. The number of nitrogens with zero attached hydrogens (tertiary/aromatic N) is 2. The van der Waals surface area contributed by atoms with Crippen molar-refractivity contribution in [1.29, 1.82) is 0 Å². The van der Waals surface area contributed by atoms with Gasteiger partial charge in [0.15, 0.2) is 0 Å². The summed E-state index contributed by atoms with van der Waals surface area (Å²) in [6, 6.07) is 4.07. The zero-order valence-electron chi connectivity index (χ0n) is 8.68. The topological polar surface area (TPSA) is 105 Å². The monoisotopic (exact) mass is 257 g/mol. The van der Waals surface area contributed by atoms with Gasteiger partial charge < -0.3 is 15.2 Å². The molecule has 90 valence electrons. The first-order valence-electron chi connectivity index (χ1n) is 4.39. The number of rotatable bonds is 3. The Balaban J connectivity index is 2.94. The van der Waals surface area contributed by atoms with Crippen molar-refractivity contribution in [2.24, 2.45) is 5.10 Å². The number of carboxylic acids is 1. The molecule has 0 unspecified atom stereocenters. The van der Waals surface area contributed by atoms with Crippen LogP contribution < -0.4 is 5.43 Å². The number of carbonyl (C=O) groups is 1. The van der Waals surface area contributed by atoms with E-state index in [4.69, 9.17) is 16.7 Å². The lowest BCUT2D eigenvalue weighted by Crippen LogP contribution is -2.09. The third kappa shape index (κ3) is 3.42. The summed E-state index contributed by atoms with van der Waals surface area (Å²) in [5, 5.41) is 22.6. The van der Waals surface area contributed by atoms with Crippen molar-refractivity contribution >= 4 is 29.1 Å². The molecule has 0 fully saturated rings. The zero-order valence-corrected chi connectivity index (χ0v) is 9.43. The highest BCUT2D eigenvalue weighted by molar-refractivity contribution is 6.33. The summed E-state index contributed by atoms with van der Waals surface area (Å²) in [4.78, 5) is 20.4. The Morgan fingerprint density at radius 1 is 1.59 bits per heavy atom. The number of aromatic carboxylic acids is 1. The summed E-state index contributed by atoms with van der Waals surface area (Å²) < 4.78 is 0. The Hall–Kier alpha value is -2.15. The van der Waals surface area contributed by atoms with Gasteiger partial charge in [-0.3, -0.25) is 0 Å². The summed E-state index contributed by atoms with van der Waals surface area (Å²) in [6.07, 6.45) is 0. The van der Waals surface area contributed by atoms with E-state index in [2.05, 4.69) is 10.5 Å². The highest BCUT2D eigenvalue weighted by atomic mass is 35.5. The second-order valence-electron chi connectivity index (χ2n) is 3.03. The van der Waals surface area contributed by atoms with Gasteiger partial charge >= 0.3 is 11.8 Å². The highest BCUT2D eigenvalue weighted by Gasteiger charge is 2.10. The molecule has 1 aromatic carbocycles. The number of benzene rings is 1. The Labute approximate surface area is 101 Å². The lowest BCUT2D eigenvalue weighted by atomic mass is 10.2. The molecule has 0 bridgehead atoms. The lowest BCUT2D eigenvalue weighted by Gasteiger charge is -2.01. The Morgan fingerprint density at radius 2 is 2.24 bits per heavy atom. The van der Waals surface area contributed by atoms with Crippen molar-refractivity contribution in [2.75, 3.05) is 5.43 Å². The molecule has 0 heterocycles. The second-order valence-corrected chi connectivity index (χ2v) is 3.43. The maximum Gasteiger partial charge on any atom is 0.360 e. The number of nitrogens with one attached hydrogen (secondary N) is 1. The summed E-state index contributed by atoms with van der Waals surface area (Å²) in [5.74, 6) is -1.52. The van der Waals surface area contributed by atoms with Crippen LogP contribution in [0.4, 0.5) is 5.69 Å². The van der Waals surface area contributed by atoms with Gasteiger partial charge in [0.05, 0.1) is 21.4 Å². The first-order valence-corrected chi connectivity index (χ1v) is 4.77. The minimum absolute atomic E-state index is 0.0815. The molecule has 0 aliphatic heterocycles. The number of anilines is 1. The van der Waals surface area contributed by atoms with Crippen LogP contribution in [0.1, 0.15) is 17.3 Å². The quantitative estimate of drug-likeness (QED) is 0.373. The van der Waals surface area contributed by atoms with Crippen molar-refractivity contribution in [3.8, 4) is 0 Å². The van der Waals surface area contributed by atoms with Gasteiger partial charge in [-0.1, -0.05) is 11.6 Å². The van der Waals surface area contributed by atoms with Crippen LogP contribution in [0.2, 0.25) is 5.02 Å². The van der Waals surface area contributed by atoms with E-state index in [1.807, 2.05) is 0 Å². The number of hydrogen-bond acceptors (Lipinski definition) is 5. The molecule has 0 spiro atoms. The molecule has 0 saturated carbocycles. The Bertz CT molecular complexity index is 501. The fraction of sp³-hybridized carbons (Fsp3) is 0.111. The van der Waals surface area contributed by atoms with Crippen LogP contribution in [0.15, 0.2) is 23.3 Å². The van der Waals surface area contributed by atoms with Crippen molar-refractivity contribution in [3.63, 3.8) is 0 Å². The first kappa shape index (κ1) is 12.9. The molecule has 0 aliphatic carbocycles. The second kappa shape index (κ2) is 5.26. The number of halogens is 1. The smallest absolute Gasteiger partial charge is 0.360 e. The van der Waals surface area contributed by atoms with E-state index < -0.39 is 10.9 Å². The molecule has 0 aromatic heterocycles. The lowest BCUT2D eigenvalue weighted by molar-refractivity contribution is -0.351. The molecule has 0 saturated heterocycles. The number of carboxylic acid groups (broad SMARTS) is 1. The molecular weight excluding hydrogens is 250 g/mol. The molecular formula is C9H8ClN3O4. The standard InChI is InChI=1S/C9H8ClN3O4/c1-5(13(16)17)11-12-6-2-3-8(10)7(4-6)9(14)15/h2-4,12H,1H3,(H,14,15)/b11-5+. The third-order valence-corrected chi connectivity index (χ3v) is 2.14. The fourth-order valence-corrected chi connectivity index (χ4v) is 1.14. The molecule has 0 amide bonds. The predicted octanol–water partition coefficient (Wildman–Crippen LogP) is 2.06. The van der Waals surface area contributed by atoms with Gasteiger partial charge in [0.2, 0.25) is 0 Å². The molecule has 1 aromatic rings. The van der Waals surface area contributed by atoms with Crippen LogP contribution in [-0.4, -0.2) is 21.8 Å². The minimum Gasteiger partial charge on any atom is -0.478 e. The number of hydrazone groups is 1. The molecule has 8 heteroatoms. The van der Waals surface area contributed by atoms with E-state index >= 15 is 0 Å². The van der Waals surface area contributed by atoms with Crippen LogP contribution in [0.3, 0.4) is 0 Å². The first-order chi connectivity index (χ1) is 7.91. The van der Waals surface area contributed by atoms with Crippen molar-refractivity contribution in [2.45, 2.75) is 6.92 Å². The molecule has 0 radical (unpaired) electrons. The van der Waals surface area contributed by atoms with Crippen molar-refractivity contribution in [1.82, 2.24) is 0 Å². The number of hydrogen-bond donors (Lipinski definition) is 2. The van der Waals surface area contributed by atoms with E-state index in [1.54, 1.807) is 0 Å². The van der Waals surface area contributed by atoms with Gasteiger partial charge in [-0.2, -0.15) is 5.43 Å². The van der Waals surface area contributed by atoms with Crippen molar-refractivity contribution < 1.29 is 14.8 Å². The maximum atomic E-state index is 10.8. The van der Waals surface area contributed by atoms with Gasteiger partial charge in [-0.15, -0.1) is 0 Å². The van der Waals surface area contributed by atoms with Crippen LogP contribution in [0.5, 0.6) is 0 Å². The average Bonchev–Trinajstić information content (AvgIpc) is 2.26. The van der Waals surface area contributed by atoms with E-state index in [9.17, 15) is 14.9 Å². The summed E-state index contributed by atoms with van der Waals surface area (Å²) >= 11 is 5.65. The molecule has 7 nitrogen and oxygen atoms in total. The molecule has 17 heavy (non-hydrogen) atoms. The van der Waals surface area contributed by atoms with Crippen LogP contribution >= 0.6 is 11.6 Å². The largest absolute Gasteiger partial charge is 0.478 e. The van der Waals surface area contributed by atoms with E-state index in [-0.39, 0.29) is 16.4 Å². The summed E-state index contributed by atoms with van der Waals surface area (Å²) in [5.41, 5.74) is 2.57. The van der Waals surface area contributed by atoms with E-state index in [0.717, 1.165) is 0 Å². The SMILES string of the molecule is C/C(=N\Nc1ccc(Cl)c(C(=O)O)c1)[N+](=O)[O-]. The predicted molar refractivity (Wildman–Crippen MR) is 62.1 cm³/mol. The molecule has 2 N–H and O–H groups in total. The number of amidine groups is 1. The summed E-state index contributed by atoms with van der Waals surface area (Å²) in [7, 11) is 0. The van der Waals surface area contributed by atoms with Gasteiger partial charge in [-0.05, 0) is 23.1 Å². The fourth-order valence-electron chi connectivity index (χ4n) is 0.945. The van der Waals surface area contributed by atoms with Gasteiger partial charge in [0.25, 0.3) is 0 Å². The average molecular weight is 258 g/mol. The van der Waals surface area contributed by atoms with Crippen LogP contribution in [0, 0.1) is 10.1 Å². The third-order valence-electron chi connectivity index (χ3n) is 1.81. The maximum absolute atomic E-state index is 10.8. The molecule has 0 aliphatic rings. The van der Waals surface area contributed by atoms with E-state index in [1.165, 1.54) is 25.1 Å². The molecule has 1 rings (SSSR count).